The van der Waals surface area contributed by atoms with Crippen molar-refractivity contribution in [2.75, 3.05) is 11.4 Å². The van der Waals surface area contributed by atoms with Gasteiger partial charge in [-0.25, -0.2) is 4.39 Å². The Morgan fingerprint density at radius 1 is 1.00 bits per heavy atom. The van der Waals surface area contributed by atoms with Crippen LogP contribution in [0.25, 0.3) is 27.5 Å². The lowest BCUT2D eigenvalue weighted by atomic mass is 10.1. The van der Waals surface area contributed by atoms with Gasteiger partial charge in [-0.15, -0.1) is 0 Å². The van der Waals surface area contributed by atoms with Crippen molar-refractivity contribution in [2.24, 2.45) is 7.05 Å². The highest BCUT2D eigenvalue weighted by Gasteiger charge is 2.27. The van der Waals surface area contributed by atoms with Gasteiger partial charge in [0.2, 0.25) is 0 Å². The molecule has 33 heavy (non-hydrogen) atoms. The zero-order chi connectivity index (χ0) is 23.1. The molecule has 2 aromatic heterocycles. The predicted octanol–water partition coefficient (Wildman–Crippen LogP) is 4.68. The molecular weight excluding hydrogens is 419 g/mol. The Morgan fingerprint density at radius 2 is 1.73 bits per heavy atom. The van der Waals surface area contributed by atoms with Crippen LogP contribution in [0.4, 0.5) is 10.1 Å². The van der Waals surface area contributed by atoms with Gasteiger partial charge in [0.25, 0.3) is 11.5 Å². The molecule has 0 aliphatic rings. The van der Waals surface area contributed by atoms with Crippen molar-refractivity contribution >= 4 is 33.4 Å². The maximum absolute atomic E-state index is 13.9. The number of nitrogens with zero attached hydrogens (tertiary/aromatic N) is 4. The van der Waals surface area contributed by atoms with E-state index in [1.807, 2.05) is 49.4 Å². The molecule has 7 heteroatoms. The summed E-state index contributed by atoms with van der Waals surface area (Å²) in [6.45, 7) is 2.12. The van der Waals surface area contributed by atoms with Crippen molar-refractivity contribution in [3.8, 4) is 5.69 Å². The molecule has 0 spiro atoms. The van der Waals surface area contributed by atoms with Crippen LogP contribution in [0.5, 0.6) is 0 Å². The summed E-state index contributed by atoms with van der Waals surface area (Å²) in [7, 11) is 1.81. The SMILES string of the molecule is CCN(C(=O)c1nn(-c2ccccc2)c(=O)c2c1c1ccccc1n2C)c1cccc(F)c1. The van der Waals surface area contributed by atoms with Gasteiger partial charge in [-0.2, -0.15) is 9.78 Å². The lowest BCUT2D eigenvalue weighted by Crippen LogP contribution is -2.34. The molecule has 0 aliphatic carbocycles. The van der Waals surface area contributed by atoms with Gasteiger partial charge < -0.3 is 9.47 Å². The quantitative estimate of drug-likeness (QED) is 0.408. The molecule has 0 unspecified atom stereocenters. The Labute approximate surface area is 189 Å². The molecule has 2 heterocycles. The number of para-hydroxylation sites is 2. The number of fused-ring (bicyclic) bond motifs is 3. The molecule has 164 valence electrons. The smallest absolute Gasteiger partial charge is 0.296 e. The van der Waals surface area contributed by atoms with Crippen LogP contribution in [-0.4, -0.2) is 26.8 Å². The van der Waals surface area contributed by atoms with Crippen molar-refractivity contribution in [1.29, 1.82) is 0 Å². The van der Waals surface area contributed by atoms with Crippen LogP contribution in [0.3, 0.4) is 0 Å². The summed E-state index contributed by atoms with van der Waals surface area (Å²) < 4.78 is 17.0. The number of aryl methyl sites for hydroxylation is 1. The number of halogens is 1. The lowest BCUT2D eigenvalue weighted by molar-refractivity contribution is 0.0983. The highest BCUT2D eigenvalue weighted by Crippen LogP contribution is 2.30. The highest BCUT2D eigenvalue weighted by molar-refractivity contribution is 6.20. The third-order valence-corrected chi connectivity index (χ3v) is 5.82. The summed E-state index contributed by atoms with van der Waals surface area (Å²) in [5, 5.41) is 5.81. The second-order valence-electron chi connectivity index (χ2n) is 7.73. The maximum Gasteiger partial charge on any atom is 0.296 e. The molecule has 0 N–H and O–H groups in total. The Balaban J connectivity index is 1.86. The lowest BCUT2D eigenvalue weighted by Gasteiger charge is -2.21. The first-order valence-corrected chi connectivity index (χ1v) is 10.6. The van der Waals surface area contributed by atoms with Crippen LogP contribution < -0.4 is 10.5 Å². The number of anilines is 1. The van der Waals surface area contributed by atoms with Gasteiger partial charge in [0.1, 0.15) is 11.3 Å². The summed E-state index contributed by atoms with van der Waals surface area (Å²) in [6.07, 6.45) is 0. The zero-order valence-electron chi connectivity index (χ0n) is 18.2. The number of hydrogen-bond donors (Lipinski definition) is 0. The number of carbonyl (C=O) groups is 1. The molecule has 0 radical (unpaired) electrons. The number of benzene rings is 3. The fourth-order valence-electron chi connectivity index (χ4n) is 4.29. The largest absolute Gasteiger partial charge is 0.339 e. The molecule has 0 aliphatic heterocycles. The van der Waals surface area contributed by atoms with E-state index >= 15 is 0 Å². The standard InChI is InChI=1S/C26H21FN4O2/c1-3-30(19-13-9-10-17(27)16-19)25(32)23-22-20-14-7-8-15-21(20)29(2)24(22)26(33)31(28-23)18-11-5-4-6-12-18/h4-16H,3H2,1-2H3. The molecule has 5 aromatic rings. The van der Waals surface area contributed by atoms with Crippen LogP contribution in [0.1, 0.15) is 17.4 Å². The molecule has 0 saturated carbocycles. The second-order valence-corrected chi connectivity index (χ2v) is 7.73. The molecule has 5 rings (SSSR count). The van der Waals surface area contributed by atoms with E-state index in [0.717, 1.165) is 10.9 Å². The van der Waals surface area contributed by atoms with E-state index in [-0.39, 0.29) is 11.3 Å². The topological polar surface area (TPSA) is 60.1 Å². The number of amides is 1. The Morgan fingerprint density at radius 3 is 2.45 bits per heavy atom. The Hall–Kier alpha value is -4.26. The fraction of sp³-hybridized carbons (Fsp3) is 0.115. The van der Waals surface area contributed by atoms with Crippen molar-refractivity contribution < 1.29 is 9.18 Å². The molecule has 3 aromatic carbocycles. The predicted molar refractivity (Wildman–Crippen MR) is 128 cm³/mol. The minimum absolute atomic E-state index is 0.136. The molecule has 0 fully saturated rings. The van der Waals surface area contributed by atoms with E-state index in [2.05, 4.69) is 5.10 Å². The van der Waals surface area contributed by atoms with Gasteiger partial charge in [0, 0.05) is 35.6 Å². The minimum atomic E-state index is -0.434. The summed E-state index contributed by atoms with van der Waals surface area (Å²) in [4.78, 5) is 28.9. The monoisotopic (exact) mass is 440 g/mol. The maximum atomic E-state index is 13.9. The number of rotatable bonds is 4. The molecular formula is C26H21FN4O2. The van der Waals surface area contributed by atoms with E-state index in [1.165, 1.54) is 21.7 Å². The van der Waals surface area contributed by atoms with Gasteiger partial charge in [0.15, 0.2) is 5.69 Å². The summed E-state index contributed by atoms with van der Waals surface area (Å²) in [5.41, 5.74) is 2.00. The molecule has 0 saturated heterocycles. The summed E-state index contributed by atoms with van der Waals surface area (Å²) in [6, 6.07) is 22.4. The highest BCUT2D eigenvalue weighted by atomic mass is 19.1. The van der Waals surface area contributed by atoms with Gasteiger partial charge in [-0.1, -0.05) is 42.5 Å². The van der Waals surface area contributed by atoms with Gasteiger partial charge >= 0.3 is 0 Å². The average Bonchev–Trinajstić information content (AvgIpc) is 3.14. The Kier molecular flexibility index (Phi) is 5.01. The van der Waals surface area contributed by atoms with Gasteiger partial charge in [-0.3, -0.25) is 9.59 Å². The van der Waals surface area contributed by atoms with Crippen LogP contribution in [-0.2, 0) is 7.05 Å². The Bertz CT molecular complexity index is 1570. The second kappa shape index (κ2) is 8.02. The van der Waals surface area contributed by atoms with Crippen molar-refractivity contribution in [3.63, 3.8) is 0 Å². The molecule has 6 nitrogen and oxygen atoms in total. The van der Waals surface area contributed by atoms with Crippen molar-refractivity contribution in [2.45, 2.75) is 6.92 Å². The molecule has 1 amide bonds. The van der Waals surface area contributed by atoms with Crippen molar-refractivity contribution in [1.82, 2.24) is 14.3 Å². The van der Waals surface area contributed by atoms with Crippen LogP contribution in [0.2, 0.25) is 0 Å². The first-order valence-electron chi connectivity index (χ1n) is 10.6. The first-order chi connectivity index (χ1) is 16.0. The number of hydrogen-bond acceptors (Lipinski definition) is 3. The van der Waals surface area contributed by atoms with Crippen LogP contribution >= 0.6 is 0 Å². The first kappa shape index (κ1) is 20.6. The van der Waals surface area contributed by atoms with E-state index in [4.69, 9.17) is 0 Å². The van der Waals surface area contributed by atoms with E-state index in [9.17, 15) is 14.0 Å². The van der Waals surface area contributed by atoms with Gasteiger partial charge in [0.05, 0.1) is 5.69 Å². The number of carbonyl (C=O) groups excluding carboxylic acids is 1. The average molecular weight is 440 g/mol. The minimum Gasteiger partial charge on any atom is -0.339 e. The van der Waals surface area contributed by atoms with Crippen molar-refractivity contribution in [3.05, 3.63) is 101 Å². The van der Waals surface area contributed by atoms with E-state index in [1.54, 1.807) is 35.9 Å². The third-order valence-electron chi connectivity index (χ3n) is 5.82. The fourth-order valence-corrected chi connectivity index (χ4v) is 4.29. The van der Waals surface area contributed by atoms with Crippen LogP contribution in [0.15, 0.2) is 83.7 Å². The number of aromatic nitrogens is 3. The summed E-state index contributed by atoms with van der Waals surface area (Å²) in [5.74, 6) is -0.842. The molecule has 0 bridgehead atoms. The third kappa shape index (κ3) is 3.29. The molecule has 0 atom stereocenters. The van der Waals surface area contributed by atoms with Gasteiger partial charge in [-0.05, 0) is 43.3 Å². The van der Waals surface area contributed by atoms with E-state index < -0.39 is 11.7 Å². The van der Waals surface area contributed by atoms with Crippen LogP contribution in [0, 0.1) is 5.82 Å². The zero-order valence-corrected chi connectivity index (χ0v) is 18.2. The summed E-state index contributed by atoms with van der Waals surface area (Å²) >= 11 is 0. The van der Waals surface area contributed by atoms with E-state index in [0.29, 0.717) is 28.8 Å². The normalized spacial score (nSPS) is 11.2.